The fraction of sp³-hybridized carbons (Fsp3) is 0.393. The van der Waals surface area contributed by atoms with Crippen molar-refractivity contribution in [3.05, 3.63) is 66.7 Å². The van der Waals surface area contributed by atoms with Crippen molar-refractivity contribution in [3.63, 3.8) is 0 Å². The molecule has 0 spiro atoms. The van der Waals surface area contributed by atoms with Gasteiger partial charge in [-0.1, -0.05) is 23.8 Å². The molecule has 3 heterocycles. The number of anilines is 1. The standard InChI is InChI=1S/C28H31F3N6O2/c1-19(27(38)36-16-14-35(15-17-36)20(2)21-6-4-3-5-7-21)33-26-25(34-24-18-32-12-13-37(24)26)22-8-10-23(11-9-22)39-28(29,30)31/h3-4,6,8-13,18-20,33H,5,7,14-17H2,1-2H3. The Bertz CT molecular complexity index is 1370. The van der Waals surface area contributed by atoms with E-state index in [4.69, 9.17) is 0 Å². The number of aromatic nitrogens is 3. The minimum atomic E-state index is -4.77. The van der Waals surface area contributed by atoms with E-state index < -0.39 is 12.4 Å². The molecule has 2 atom stereocenters. The van der Waals surface area contributed by atoms with Crippen LogP contribution in [0.1, 0.15) is 26.7 Å². The van der Waals surface area contributed by atoms with Gasteiger partial charge in [0, 0.05) is 50.2 Å². The van der Waals surface area contributed by atoms with E-state index in [-0.39, 0.29) is 11.7 Å². The lowest BCUT2D eigenvalue weighted by molar-refractivity contribution is -0.274. The molecule has 1 amide bonds. The lowest BCUT2D eigenvalue weighted by Crippen LogP contribution is -2.54. The van der Waals surface area contributed by atoms with Crippen LogP contribution >= 0.6 is 0 Å². The molecule has 1 fully saturated rings. The van der Waals surface area contributed by atoms with Crippen molar-refractivity contribution in [2.45, 2.75) is 45.1 Å². The molecule has 0 bridgehead atoms. The first-order valence-corrected chi connectivity index (χ1v) is 13.0. The second kappa shape index (κ2) is 11.1. The number of hydrogen-bond donors (Lipinski definition) is 1. The number of allylic oxidation sites excluding steroid dienone is 3. The fourth-order valence-electron chi connectivity index (χ4n) is 5.13. The first-order valence-electron chi connectivity index (χ1n) is 13.0. The van der Waals surface area contributed by atoms with Crippen molar-refractivity contribution < 1.29 is 22.7 Å². The molecule has 206 valence electrons. The largest absolute Gasteiger partial charge is 0.573 e. The van der Waals surface area contributed by atoms with Gasteiger partial charge in [0.15, 0.2) is 5.65 Å². The van der Waals surface area contributed by atoms with Gasteiger partial charge in [-0.05, 0) is 51.0 Å². The Kier molecular flexibility index (Phi) is 7.60. The Morgan fingerprint density at radius 2 is 1.85 bits per heavy atom. The first kappa shape index (κ1) is 26.7. The third-order valence-corrected chi connectivity index (χ3v) is 7.27. The predicted molar refractivity (Wildman–Crippen MR) is 142 cm³/mol. The molecule has 3 aromatic rings. The van der Waals surface area contributed by atoms with Crippen LogP contribution in [0.3, 0.4) is 0 Å². The van der Waals surface area contributed by atoms with E-state index in [1.807, 2.05) is 4.90 Å². The van der Waals surface area contributed by atoms with Gasteiger partial charge in [-0.3, -0.25) is 19.1 Å². The van der Waals surface area contributed by atoms with Crippen LogP contribution in [0.15, 0.2) is 66.7 Å². The summed E-state index contributed by atoms with van der Waals surface area (Å²) in [6.07, 6.45) is 8.81. The molecule has 1 aliphatic heterocycles. The summed E-state index contributed by atoms with van der Waals surface area (Å²) >= 11 is 0. The summed E-state index contributed by atoms with van der Waals surface area (Å²) in [5.74, 6) is 0.215. The number of ether oxygens (including phenoxy) is 1. The zero-order valence-electron chi connectivity index (χ0n) is 21.9. The van der Waals surface area contributed by atoms with E-state index in [9.17, 15) is 18.0 Å². The van der Waals surface area contributed by atoms with Gasteiger partial charge in [0.05, 0.1) is 6.20 Å². The van der Waals surface area contributed by atoms with Crippen LogP contribution in [-0.4, -0.2) is 74.7 Å². The van der Waals surface area contributed by atoms with Crippen LogP contribution in [0, 0.1) is 0 Å². The average molecular weight is 541 g/mol. The second-order valence-electron chi connectivity index (χ2n) is 9.80. The lowest BCUT2D eigenvalue weighted by Gasteiger charge is -2.40. The predicted octanol–water partition coefficient (Wildman–Crippen LogP) is 4.90. The minimum Gasteiger partial charge on any atom is -0.406 e. The van der Waals surface area contributed by atoms with Gasteiger partial charge in [-0.15, -0.1) is 13.2 Å². The van der Waals surface area contributed by atoms with Crippen molar-refractivity contribution in [2.75, 3.05) is 31.5 Å². The average Bonchev–Trinajstić information content (AvgIpc) is 3.30. The molecule has 0 radical (unpaired) electrons. The quantitative estimate of drug-likeness (QED) is 0.459. The van der Waals surface area contributed by atoms with Gasteiger partial charge in [-0.25, -0.2) is 4.98 Å². The molecule has 2 aromatic heterocycles. The summed E-state index contributed by atoms with van der Waals surface area (Å²) in [6.45, 7) is 6.93. The number of alkyl halides is 3. The highest BCUT2D eigenvalue weighted by Gasteiger charge is 2.31. The third-order valence-electron chi connectivity index (χ3n) is 7.27. The molecular weight excluding hydrogens is 509 g/mol. The number of rotatable bonds is 7. The van der Waals surface area contributed by atoms with E-state index in [1.54, 1.807) is 29.9 Å². The Morgan fingerprint density at radius 1 is 1.10 bits per heavy atom. The maximum atomic E-state index is 13.4. The van der Waals surface area contributed by atoms with Crippen LogP contribution in [0.4, 0.5) is 19.0 Å². The molecule has 11 heteroatoms. The van der Waals surface area contributed by atoms with E-state index in [2.05, 4.69) is 50.1 Å². The summed E-state index contributed by atoms with van der Waals surface area (Å²) < 4.78 is 43.5. The Balaban J connectivity index is 1.29. The summed E-state index contributed by atoms with van der Waals surface area (Å²) in [7, 11) is 0. The van der Waals surface area contributed by atoms with Crippen LogP contribution in [-0.2, 0) is 4.79 Å². The van der Waals surface area contributed by atoms with Gasteiger partial charge < -0.3 is 15.0 Å². The van der Waals surface area contributed by atoms with E-state index in [1.165, 1.54) is 29.8 Å². The highest BCUT2D eigenvalue weighted by molar-refractivity contribution is 5.86. The normalized spacial score (nSPS) is 18.1. The number of nitrogens with zero attached hydrogens (tertiary/aromatic N) is 5. The van der Waals surface area contributed by atoms with Crippen molar-refractivity contribution in [2.24, 2.45) is 0 Å². The van der Waals surface area contributed by atoms with Crippen LogP contribution in [0.25, 0.3) is 16.9 Å². The summed E-state index contributed by atoms with van der Waals surface area (Å²) in [5, 5.41) is 3.31. The zero-order chi connectivity index (χ0) is 27.6. The molecule has 0 saturated carbocycles. The van der Waals surface area contributed by atoms with Crippen molar-refractivity contribution in [3.8, 4) is 17.0 Å². The molecule has 2 aliphatic rings. The highest BCUT2D eigenvalue weighted by atomic mass is 19.4. The van der Waals surface area contributed by atoms with Crippen LogP contribution in [0.5, 0.6) is 5.75 Å². The highest BCUT2D eigenvalue weighted by Crippen LogP contribution is 2.32. The van der Waals surface area contributed by atoms with Gasteiger partial charge in [-0.2, -0.15) is 0 Å². The number of carbonyl (C=O) groups is 1. The van der Waals surface area contributed by atoms with Crippen LogP contribution in [0.2, 0.25) is 0 Å². The topological polar surface area (TPSA) is 75.0 Å². The molecule has 2 unspecified atom stereocenters. The molecule has 5 rings (SSSR count). The SMILES string of the molecule is CC(Nc1c(-c2ccc(OC(F)(F)F)cc2)nc2cnccn12)C(=O)N1CCN(C(C)C2=CC=CCC2)CC1. The molecule has 39 heavy (non-hydrogen) atoms. The minimum absolute atomic E-state index is 0.0222. The molecule has 1 aromatic carbocycles. The number of piperazine rings is 1. The third kappa shape index (κ3) is 6.08. The van der Waals surface area contributed by atoms with Crippen molar-refractivity contribution in [1.82, 2.24) is 24.2 Å². The van der Waals surface area contributed by atoms with Gasteiger partial charge in [0.2, 0.25) is 5.91 Å². The molecule has 1 N–H and O–H groups in total. The Morgan fingerprint density at radius 3 is 2.51 bits per heavy atom. The molecule has 8 nitrogen and oxygen atoms in total. The Hall–Kier alpha value is -3.86. The van der Waals surface area contributed by atoms with Crippen molar-refractivity contribution in [1.29, 1.82) is 0 Å². The monoisotopic (exact) mass is 540 g/mol. The number of imidazole rings is 1. The van der Waals surface area contributed by atoms with Crippen LogP contribution < -0.4 is 10.1 Å². The Labute approximate surface area is 224 Å². The molecule has 1 aliphatic carbocycles. The molecular formula is C28H31F3N6O2. The summed E-state index contributed by atoms with van der Waals surface area (Å²) in [5.41, 5.74) is 3.04. The number of amides is 1. The van der Waals surface area contributed by atoms with Crippen molar-refractivity contribution >= 4 is 17.4 Å². The fourth-order valence-corrected chi connectivity index (χ4v) is 5.13. The van der Waals surface area contributed by atoms with Gasteiger partial charge in [0.25, 0.3) is 0 Å². The summed E-state index contributed by atoms with van der Waals surface area (Å²) in [4.78, 5) is 26.5. The number of benzene rings is 1. The zero-order valence-corrected chi connectivity index (χ0v) is 21.9. The second-order valence-corrected chi connectivity index (χ2v) is 9.80. The van der Waals surface area contributed by atoms with E-state index in [0.717, 1.165) is 25.9 Å². The maximum absolute atomic E-state index is 13.4. The number of halogens is 3. The van der Waals surface area contributed by atoms with Gasteiger partial charge in [0.1, 0.15) is 23.3 Å². The van der Waals surface area contributed by atoms with E-state index >= 15 is 0 Å². The number of hydrogen-bond acceptors (Lipinski definition) is 6. The summed E-state index contributed by atoms with van der Waals surface area (Å²) in [6, 6.07) is 5.29. The van der Waals surface area contributed by atoms with E-state index in [0.29, 0.717) is 41.9 Å². The smallest absolute Gasteiger partial charge is 0.406 e. The number of nitrogens with one attached hydrogen (secondary N) is 1. The van der Waals surface area contributed by atoms with Gasteiger partial charge >= 0.3 is 6.36 Å². The number of fused-ring (bicyclic) bond motifs is 1. The number of carbonyl (C=O) groups excluding carboxylic acids is 1. The lowest BCUT2D eigenvalue weighted by atomic mass is 9.97. The first-order chi connectivity index (χ1) is 18.7. The maximum Gasteiger partial charge on any atom is 0.573 e. The molecule has 1 saturated heterocycles.